The predicted octanol–water partition coefficient (Wildman–Crippen LogP) is 2.92. The van der Waals surface area contributed by atoms with Crippen molar-refractivity contribution in [3.8, 4) is 0 Å². The van der Waals surface area contributed by atoms with Crippen molar-refractivity contribution in [3.05, 3.63) is 0 Å². The summed E-state index contributed by atoms with van der Waals surface area (Å²) in [6.07, 6.45) is -7.59. The van der Waals surface area contributed by atoms with Crippen molar-refractivity contribution in [2.24, 2.45) is 0 Å². The van der Waals surface area contributed by atoms with Gasteiger partial charge in [-0.15, -0.1) is 0 Å². The van der Waals surface area contributed by atoms with Gasteiger partial charge in [0.05, 0.1) is 0 Å². The first-order valence-electron chi connectivity index (χ1n) is 4.43. The molecular formula is C6H2F13NaO3S. The molecule has 0 aromatic heterocycles. The van der Waals surface area contributed by atoms with Crippen LogP contribution in [-0.2, 0) is 10.1 Å². The molecule has 0 aliphatic carbocycles. The van der Waals surface area contributed by atoms with Crippen LogP contribution in [0.25, 0.3) is 0 Å². The van der Waals surface area contributed by atoms with Gasteiger partial charge in [0.25, 0.3) is 0 Å². The molecule has 0 aliphatic heterocycles. The summed E-state index contributed by atoms with van der Waals surface area (Å²) in [5, 5.41) is -7.52. The Bertz CT molecular complexity index is 565. The SMILES string of the molecule is O=S(=O)(O)C(F)(F)C(F)(F)C(F)(F)C(F)(F)C(F)(F)C(F)(F)F.[NaH]. The summed E-state index contributed by atoms with van der Waals surface area (Å²) in [6, 6.07) is 0. The molecule has 0 heterocycles. The molecule has 0 saturated carbocycles. The van der Waals surface area contributed by atoms with Gasteiger partial charge < -0.3 is 0 Å². The third-order valence-corrected chi connectivity index (χ3v) is 3.13. The summed E-state index contributed by atoms with van der Waals surface area (Å²) in [4.78, 5) is 0. The summed E-state index contributed by atoms with van der Waals surface area (Å²) in [7, 11) is -7.61. The van der Waals surface area contributed by atoms with E-state index in [9.17, 15) is 65.5 Å². The number of hydrogen-bond acceptors (Lipinski definition) is 2. The Balaban J connectivity index is 0. The molecule has 0 fully saturated rings. The van der Waals surface area contributed by atoms with E-state index in [0.717, 1.165) is 0 Å². The van der Waals surface area contributed by atoms with Crippen LogP contribution in [0, 0.1) is 0 Å². The maximum absolute atomic E-state index is 12.7. The molecule has 0 aromatic carbocycles. The van der Waals surface area contributed by atoms with Gasteiger partial charge in [-0.1, -0.05) is 0 Å². The van der Waals surface area contributed by atoms with Crippen LogP contribution in [0.3, 0.4) is 0 Å². The molecule has 3 nitrogen and oxygen atoms in total. The van der Waals surface area contributed by atoms with Gasteiger partial charge in [0.2, 0.25) is 0 Å². The van der Waals surface area contributed by atoms with Crippen LogP contribution in [-0.4, -0.2) is 77.6 Å². The molecule has 24 heavy (non-hydrogen) atoms. The van der Waals surface area contributed by atoms with Crippen LogP contribution in [0.5, 0.6) is 0 Å². The zero-order valence-corrected chi connectivity index (χ0v) is 10.4. The minimum atomic E-state index is -8.25. The van der Waals surface area contributed by atoms with Crippen LogP contribution in [0.4, 0.5) is 57.1 Å². The molecular weight excluding hydrogens is 422 g/mol. The first kappa shape index (κ1) is 26.2. The van der Waals surface area contributed by atoms with Gasteiger partial charge in [-0.2, -0.15) is 65.5 Å². The van der Waals surface area contributed by atoms with Crippen LogP contribution in [0.15, 0.2) is 0 Å². The Morgan fingerprint density at radius 1 is 0.542 bits per heavy atom. The van der Waals surface area contributed by atoms with Crippen molar-refractivity contribution in [3.63, 3.8) is 0 Å². The van der Waals surface area contributed by atoms with Crippen molar-refractivity contribution >= 4 is 39.7 Å². The summed E-state index contributed by atoms with van der Waals surface area (Å²) < 4.78 is 188. The van der Waals surface area contributed by atoms with Gasteiger partial charge in [0.15, 0.2) is 0 Å². The molecule has 0 saturated heterocycles. The molecule has 0 unspecified atom stereocenters. The van der Waals surface area contributed by atoms with E-state index in [1.807, 2.05) is 0 Å². The molecule has 0 spiro atoms. The molecule has 0 amide bonds. The Labute approximate surface area is 145 Å². The first-order chi connectivity index (χ1) is 9.50. The van der Waals surface area contributed by atoms with Crippen molar-refractivity contribution in [2.45, 2.75) is 35.1 Å². The number of halogens is 13. The summed E-state index contributed by atoms with van der Waals surface area (Å²) in [6.45, 7) is 0. The monoisotopic (exact) mass is 424 g/mol. The molecule has 18 heteroatoms. The van der Waals surface area contributed by atoms with E-state index in [-0.39, 0.29) is 29.6 Å². The maximum atomic E-state index is 12.7. The second-order valence-corrected chi connectivity index (χ2v) is 5.25. The third kappa shape index (κ3) is 3.33. The van der Waals surface area contributed by atoms with Gasteiger partial charge in [0, 0.05) is 0 Å². The van der Waals surface area contributed by atoms with Crippen molar-refractivity contribution in [1.82, 2.24) is 0 Å². The molecule has 0 rings (SSSR count). The van der Waals surface area contributed by atoms with Gasteiger partial charge in [-0.3, -0.25) is 4.55 Å². The predicted molar refractivity (Wildman–Crippen MR) is 49.5 cm³/mol. The summed E-state index contributed by atoms with van der Waals surface area (Å²) >= 11 is 0. The normalized spacial score (nSPS) is 15.9. The fourth-order valence-electron chi connectivity index (χ4n) is 0.917. The molecule has 0 radical (unpaired) electrons. The van der Waals surface area contributed by atoms with Crippen molar-refractivity contribution < 1.29 is 70.0 Å². The molecule has 0 atom stereocenters. The van der Waals surface area contributed by atoms with Crippen LogP contribution >= 0.6 is 0 Å². The van der Waals surface area contributed by atoms with E-state index >= 15 is 0 Å². The van der Waals surface area contributed by atoms with Crippen molar-refractivity contribution in [2.75, 3.05) is 0 Å². The van der Waals surface area contributed by atoms with Gasteiger partial charge in [-0.25, -0.2) is 0 Å². The molecule has 142 valence electrons. The zero-order valence-electron chi connectivity index (χ0n) is 9.59. The molecule has 1 N–H and O–H groups in total. The van der Waals surface area contributed by atoms with E-state index in [1.165, 1.54) is 0 Å². The van der Waals surface area contributed by atoms with Crippen molar-refractivity contribution in [1.29, 1.82) is 0 Å². The van der Waals surface area contributed by atoms with Crippen LogP contribution < -0.4 is 0 Å². The average molecular weight is 424 g/mol. The molecule has 0 aromatic rings. The van der Waals surface area contributed by atoms with E-state index in [0.29, 0.717) is 0 Å². The van der Waals surface area contributed by atoms with E-state index in [2.05, 4.69) is 0 Å². The summed E-state index contributed by atoms with van der Waals surface area (Å²) in [5.74, 6) is -32.5. The average Bonchev–Trinajstić information content (AvgIpc) is 2.24. The fraction of sp³-hybridized carbons (Fsp3) is 1.00. The number of rotatable bonds is 5. The topological polar surface area (TPSA) is 54.4 Å². The molecule has 0 bridgehead atoms. The number of alkyl halides is 13. The molecule has 0 aliphatic rings. The summed E-state index contributed by atoms with van der Waals surface area (Å²) in [5.41, 5.74) is 0. The van der Waals surface area contributed by atoms with Gasteiger partial charge in [0.1, 0.15) is 0 Å². The number of hydrogen-bond donors (Lipinski definition) is 1. The Kier molecular flexibility index (Phi) is 6.90. The van der Waals surface area contributed by atoms with E-state index in [4.69, 9.17) is 4.55 Å². The minimum absolute atomic E-state index is 0. The quantitative estimate of drug-likeness (QED) is 0.420. The third-order valence-electron chi connectivity index (χ3n) is 2.23. The second kappa shape index (κ2) is 6.31. The Hall–Kier alpha value is -0.000000000000000444. The van der Waals surface area contributed by atoms with Gasteiger partial charge in [-0.05, 0) is 0 Å². The fourth-order valence-corrected chi connectivity index (χ4v) is 1.37. The van der Waals surface area contributed by atoms with Gasteiger partial charge >= 0.3 is 74.8 Å². The Morgan fingerprint density at radius 2 is 0.792 bits per heavy atom. The van der Waals surface area contributed by atoms with E-state index < -0.39 is 45.2 Å². The first-order valence-corrected chi connectivity index (χ1v) is 5.87. The van der Waals surface area contributed by atoms with E-state index in [1.54, 1.807) is 0 Å². The van der Waals surface area contributed by atoms with Crippen LogP contribution in [0.1, 0.15) is 0 Å². The second-order valence-electron chi connectivity index (χ2n) is 3.79. The standard InChI is InChI=1S/C6HF13O3S.Na.H/c7-1(8,3(11,12)5(15,16)17)2(9,10)4(13,14)6(18,19)23(20,21)22;;/h(H,20,21,22);;. The Morgan fingerprint density at radius 3 is 1.00 bits per heavy atom. The zero-order chi connectivity index (χ0) is 19.5. The van der Waals surface area contributed by atoms with Crippen LogP contribution in [0.2, 0.25) is 0 Å².